The van der Waals surface area contributed by atoms with Gasteiger partial charge in [-0.15, -0.1) is 0 Å². The van der Waals surface area contributed by atoms with Crippen molar-refractivity contribution in [2.24, 2.45) is 0 Å². The van der Waals surface area contributed by atoms with Gasteiger partial charge in [0.1, 0.15) is 11.8 Å². The number of rotatable bonds is 6. The lowest BCUT2D eigenvalue weighted by Gasteiger charge is -2.27. The van der Waals surface area contributed by atoms with E-state index in [2.05, 4.69) is 0 Å². The molecule has 28 heavy (non-hydrogen) atoms. The Hall–Kier alpha value is -2.09. The van der Waals surface area contributed by atoms with Gasteiger partial charge >= 0.3 is 0 Å². The predicted octanol–water partition coefficient (Wildman–Crippen LogP) is 3.16. The lowest BCUT2D eigenvalue weighted by atomic mass is 10.1. The SMILES string of the molecule is COc1ccc(CN(C)C(=O)[C@@H]2CCCN2S(=O)(=O)c2ccc(Cl)cc2)cc1. The third-order valence-corrected chi connectivity index (χ3v) is 7.04. The monoisotopic (exact) mass is 422 g/mol. The summed E-state index contributed by atoms with van der Waals surface area (Å²) < 4.78 is 32.5. The molecule has 3 rings (SSSR count). The maximum atomic E-state index is 13.0. The summed E-state index contributed by atoms with van der Waals surface area (Å²) >= 11 is 5.86. The molecule has 0 bridgehead atoms. The second kappa shape index (κ2) is 8.51. The van der Waals surface area contributed by atoms with Gasteiger partial charge in [-0.05, 0) is 54.8 Å². The zero-order valence-electron chi connectivity index (χ0n) is 15.8. The van der Waals surface area contributed by atoms with Crippen LogP contribution in [0.15, 0.2) is 53.4 Å². The highest BCUT2D eigenvalue weighted by Crippen LogP contribution is 2.28. The van der Waals surface area contributed by atoms with Gasteiger partial charge in [0.2, 0.25) is 15.9 Å². The van der Waals surface area contributed by atoms with Gasteiger partial charge in [-0.3, -0.25) is 4.79 Å². The van der Waals surface area contributed by atoms with E-state index in [9.17, 15) is 13.2 Å². The molecule has 1 atom stereocenters. The Morgan fingerprint density at radius 3 is 2.43 bits per heavy atom. The largest absolute Gasteiger partial charge is 0.497 e. The zero-order valence-corrected chi connectivity index (χ0v) is 17.4. The minimum Gasteiger partial charge on any atom is -0.497 e. The van der Waals surface area contributed by atoms with Crippen LogP contribution in [0.2, 0.25) is 5.02 Å². The Balaban J connectivity index is 1.75. The number of hydrogen-bond donors (Lipinski definition) is 0. The third-order valence-electron chi connectivity index (χ3n) is 4.86. The molecule has 6 nitrogen and oxygen atoms in total. The minimum absolute atomic E-state index is 0.148. The first kappa shape index (κ1) is 20.6. The molecule has 1 heterocycles. The molecule has 1 fully saturated rings. The van der Waals surface area contributed by atoms with E-state index in [0.29, 0.717) is 31.0 Å². The molecule has 0 radical (unpaired) electrons. The number of ether oxygens (including phenoxy) is 1. The van der Waals surface area contributed by atoms with Gasteiger partial charge in [0.25, 0.3) is 0 Å². The Bertz CT molecular complexity index is 930. The van der Waals surface area contributed by atoms with Crippen molar-refractivity contribution in [3.8, 4) is 5.75 Å². The van der Waals surface area contributed by atoms with E-state index < -0.39 is 16.1 Å². The Kier molecular flexibility index (Phi) is 6.27. The molecule has 8 heteroatoms. The number of benzene rings is 2. The predicted molar refractivity (Wildman–Crippen MR) is 108 cm³/mol. The molecule has 0 saturated carbocycles. The highest BCUT2D eigenvalue weighted by Gasteiger charge is 2.40. The van der Waals surface area contributed by atoms with Crippen LogP contribution < -0.4 is 4.74 Å². The highest BCUT2D eigenvalue weighted by atomic mass is 35.5. The van der Waals surface area contributed by atoms with Crippen LogP contribution in [0.5, 0.6) is 5.75 Å². The van der Waals surface area contributed by atoms with Gasteiger partial charge in [-0.2, -0.15) is 4.31 Å². The van der Waals surface area contributed by atoms with Crippen LogP contribution >= 0.6 is 11.6 Å². The van der Waals surface area contributed by atoms with Crippen molar-refractivity contribution in [1.82, 2.24) is 9.21 Å². The van der Waals surface area contributed by atoms with E-state index in [1.165, 1.54) is 28.6 Å². The number of carbonyl (C=O) groups excluding carboxylic acids is 1. The first-order valence-electron chi connectivity index (χ1n) is 8.98. The first-order valence-corrected chi connectivity index (χ1v) is 10.8. The van der Waals surface area contributed by atoms with Crippen LogP contribution in [-0.4, -0.2) is 50.3 Å². The fraction of sp³-hybridized carbons (Fsp3) is 0.350. The number of sulfonamides is 1. The van der Waals surface area contributed by atoms with Gasteiger partial charge in [-0.25, -0.2) is 8.42 Å². The quantitative estimate of drug-likeness (QED) is 0.717. The molecule has 2 aromatic carbocycles. The average molecular weight is 423 g/mol. The molecule has 1 amide bonds. The highest BCUT2D eigenvalue weighted by molar-refractivity contribution is 7.89. The van der Waals surface area contributed by atoms with Gasteiger partial charge < -0.3 is 9.64 Å². The molecule has 0 N–H and O–H groups in total. The van der Waals surface area contributed by atoms with E-state index in [4.69, 9.17) is 16.3 Å². The molecule has 2 aromatic rings. The number of likely N-dealkylation sites (N-methyl/N-ethyl adjacent to an activating group) is 1. The fourth-order valence-corrected chi connectivity index (χ4v) is 5.13. The van der Waals surface area contributed by atoms with Gasteiger partial charge in [0.15, 0.2) is 0 Å². The summed E-state index contributed by atoms with van der Waals surface area (Å²) in [5.74, 6) is 0.541. The normalized spacial score (nSPS) is 17.5. The van der Waals surface area contributed by atoms with Crippen LogP contribution in [0, 0.1) is 0 Å². The lowest BCUT2D eigenvalue weighted by Crippen LogP contribution is -2.46. The Labute approximate surface area is 170 Å². The maximum absolute atomic E-state index is 13.0. The van der Waals surface area contributed by atoms with Crippen molar-refractivity contribution in [3.63, 3.8) is 0 Å². The molecule has 0 unspecified atom stereocenters. The summed E-state index contributed by atoms with van der Waals surface area (Å²) in [4.78, 5) is 14.7. The van der Waals surface area contributed by atoms with E-state index in [1.807, 2.05) is 24.3 Å². The fourth-order valence-electron chi connectivity index (χ4n) is 3.35. The summed E-state index contributed by atoms with van der Waals surface area (Å²) in [5, 5.41) is 0.465. The summed E-state index contributed by atoms with van der Waals surface area (Å²) in [5.41, 5.74) is 0.946. The number of amides is 1. The van der Waals surface area contributed by atoms with Crippen molar-refractivity contribution in [2.75, 3.05) is 20.7 Å². The van der Waals surface area contributed by atoms with E-state index in [0.717, 1.165) is 11.3 Å². The number of carbonyl (C=O) groups is 1. The van der Waals surface area contributed by atoms with Crippen molar-refractivity contribution < 1.29 is 17.9 Å². The zero-order chi connectivity index (χ0) is 20.3. The lowest BCUT2D eigenvalue weighted by molar-refractivity contribution is -0.133. The molecule has 1 aliphatic rings. The molecule has 1 aliphatic heterocycles. The number of methoxy groups -OCH3 is 1. The summed E-state index contributed by atoms with van der Waals surface area (Å²) in [7, 11) is -0.464. The number of halogens is 1. The summed E-state index contributed by atoms with van der Waals surface area (Å²) in [6, 6.07) is 12.8. The second-order valence-electron chi connectivity index (χ2n) is 6.77. The van der Waals surface area contributed by atoms with Crippen molar-refractivity contribution in [3.05, 3.63) is 59.1 Å². The number of hydrogen-bond acceptors (Lipinski definition) is 4. The topological polar surface area (TPSA) is 66.9 Å². The number of nitrogens with zero attached hydrogens (tertiary/aromatic N) is 2. The maximum Gasteiger partial charge on any atom is 0.243 e. The average Bonchev–Trinajstić information content (AvgIpc) is 3.19. The van der Waals surface area contributed by atoms with E-state index in [-0.39, 0.29) is 10.8 Å². The smallest absolute Gasteiger partial charge is 0.243 e. The molecule has 1 saturated heterocycles. The Morgan fingerprint density at radius 1 is 1.18 bits per heavy atom. The Morgan fingerprint density at radius 2 is 1.82 bits per heavy atom. The van der Waals surface area contributed by atoms with Crippen LogP contribution in [0.4, 0.5) is 0 Å². The summed E-state index contributed by atoms with van der Waals surface area (Å²) in [6.45, 7) is 0.728. The third kappa shape index (κ3) is 4.32. The molecule has 0 spiro atoms. The minimum atomic E-state index is -3.75. The van der Waals surface area contributed by atoms with E-state index >= 15 is 0 Å². The standard InChI is InChI=1S/C20H23ClN2O4S/c1-22(14-15-5-9-17(27-2)10-6-15)20(24)19-4-3-13-23(19)28(25,26)18-11-7-16(21)8-12-18/h5-12,19H,3-4,13-14H2,1-2H3/t19-/m0/s1. The van der Waals surface area contributed by atoms with Crippen LogP contribution in [-0.2, 0) is 21.4 Å². The van der Waals surface area contributed by atoms with Gasteiger partial charge in [-0.1, -0.05) is 23.7 Å². The molecule has 0 aromatic heterocycles. The summed E-state index contributed by atoms with van der Waals surface area (Å²) in [6.07, 6.45) is 1.16. The first-order chi connectivity index (χ1) is 13.3. The molecule has 0 aliphatic carbocycles. The van der Waals surface area contributed by atoms with Gasteiger partial charge in [0, 0.05) is 25.2 Å². The van der Waals surface area contributed by atoms with Crippen molar-refractivity contribution >= 4 is 27.5 Å². The molecular weight excluding hydrogens is 400 g/mol. The molecular formula is C20H23ClN2O4S. The van der Waals surface area contributed by atoms with E-state index in [1.54, 1.807) is 19.1 Å². The molecule has 150 valence electrons. The van der Waals surface area contributed by atoms with Crippen molar-refractivity contribution in [2.45, 2.75) is 30.3 Å². The van der Waals surface area contributed by atoms with Gasteiger partial charge in [0.05, 0.1) is 12.0 Å². The van der Waals surface area contributed by atoms with Crippen molar-refractivity contribution in [1.29, 1.82) is 0 Å². The van der Waals surface area contributed by atoms with Crippen LogP contribution in [0.1, 0.15) is 18.4 Å². The van der Waals surface area contributed by atoms with Crippen LogP contribution in [0.3, 0.4) is 0 Å². The van der Waals surface area contributed by atoms with Crippen LogP contribution in [0.25, 0.3) is 0 Å². The second-order valence-corrected chi connectivity index (χ2v) is 9.10.